The summed E-state index contributed by atoms with van der Waals surface area (Å²) in [6, 6.07) is 11.4. The van der Waals surface area contributed by atoms with E-state index in [9.17, 15) is 18.4 Å². The fourth-order valence-electron chi connectivity index (χ4n) is 3.74. The van der Waals surface area contributed by atoms with Crippen LogP contribution in [0.1, 0.15) is 35.7 Å². The zero-order valence-corrected chi connectivity index (χ0v) is 15.8. The van der Waals surface area contributed by atoms with Gasteiger partial charge in [-0.25, -0.2) is 8.78 Å². The Hall–Kier alpha value is -2.76. The first kappa shape index (κ1) is 20.0. The lowest BCUT2D eigenvalue weighted by Gasteiger charge is -2.41. The smallest absolute Gasteiger partial charge is 0.314 e. The Morgan fingerprint density at radius 3 is 2.25 bits per heavy atom. The van der Waals surface area contributed by atoms with E-state index >= 15 is 0 Å². The third-order valence-corrected chi connectivity index (χ3v) is 5.12. The maximum atomic E-state index is 13.3. The summed E-state index contributed by atoms with van der Waals surface area (Å²) in [6.07, 6.45) is 1.59. The van der Waals surface area contributed by atoms with Gasteiger partial charge in [-0.1, -0.05) is 12.1 Å². The van der Waals surface area contributed by atoms with Crippen molar-refractivity contribution in [3.63, 3.8) is 0 Å². The Kier molecular flexibility index (Phi) is 6.07. The van der Waals surface area contributed by atoms with Gasteiger partial charge in [0, 0.05) is 18.7 Å². The maximum Gasteiger partial charge on any atom is 0.314 e. The molecule has 0 saturated carbocycles. The van der Waals surface area contributed by atoms with Crippen molar-refractivity contribution in [2.45, 2.75) is 26.2 Å². The van der Waals surface area contributed by atoms with Crippen LogP contribution in [0.25, 0.3) is 0 Å². The summed E-state index contributed by atoms with van der Waals surface area (Å²) in [5, 5.41) is 0. The van der Waals surface area contributed by atoms with Crippen LogP contribution in [0, 0.1) is 17.0 Å². The molecular formula is C22H23F2NO3. The first-order valence-electron chi connectivity index (χ1n) is 9.40. The molecule has 0 radical (unpaired) electrons. The van der Waals surface area contributed by atoms with Crippen LogP contribution in [-0.2, 0) is 16.0 Å². The van der Waals surface area contributed by atoms with Crippen LogP contribution in [0.4, 0.5) is 8.78 Å². The third kappa shape index (κ3) is 4.38. The number of carbonyl (C=O) groups excluding carboxylic acids is 2. The zero-order chi connectivity index (χ0) is 20.1. The van der Waals surface area contributed by atoms with E-state index in [-0.39, 0.29) is 30.8 Å². The number of esters is 1. The highest BCUT2D eigenvalue weighted by molar-refractivity contribution is 5.94. The lowest BCUT2D eigenvalue weighted by atomic mass is 9.75. The topological polar surface area (TPSA) is 46.6 Å². The van der Waals surface area contributed by atoms with E-state index in [1.807, 2.05) is 0 Å². The van der Waals surface area contributed by atoms with Crippen molar-refractivity contribution in [1.82, 2.24) is 4.90 Å². The number of hydrogen-bond donors (Lipinski definition) is 0. The molecule has 6 heteroatoms. The summed E-state index contributed by atoms with van der Waals surface area (Å²) in [4.78, 5) is 27.4. The Morgan fingerprint density at radius 2 is 1.64 bits per heavy atom. The van der Waals surface area contributed by atoms with Gasteiger partial charge in [0.25, 0.3) is 5.91 Å². The number of carbonyl (C=O) groups is 2. The Labute approximate surface area is 163 Å². The van der Waals surface area contributed by atoms with Gasteiger partial charge in [-0.15, -0.1) is 0 Å². The third-order valence-electron chi connectivity index (χ3n) is 5.12. The minimum Gasteiger partial charge on any atom is -0.466 e. The maximum absolute atomic E-state index is 13.3. The van der Waals surface area contributed by atoms with Crippen LogP contribution >= 0.6 is 0 Å². The number of benzene rings is 2. The molecule has 2 aromatic carbocycles. The molecule has 0 N–H and O–H groups in total. The second-order valence-corrected chi connectivity index (χ2v) is 7.14. The normalized spacial score (nSPS) is 19.3. The Morgan fingerprint density at radius 1 is 1.04 bits per heavy atom. The quantitative estimate of drug-likeness (QED) is 0.729. The monoisotopic (exact) mass is 387 g/mol. The molecule has 1 saturated heterocycles. The standard InChI is InChI=1S/C22H23F2NO3/c1-2-28-21(27)22(14-16-4-8-18(23)9-5-16)12-3-13-25(15-22)20(26)17-6-10-19(24)11-7-17/h4-11H,2-3,12-15H2,1H3/t22-/m0/s1. The van der Waals surface area contributed by atoms with Crippen molar-refractivity contribution in [3.05, 3.63) is 71.3 Å². The van der Waals surface area contributed by atoms with Crippen molar-refractivity contribution in [1.29, 1.82) is 0 Å². The second-order valence-electron chi connectivity index (χ2n) is 7.14. The number of amides is 1. The first-order valence-corrected chi connectivity index (χ1v) is 9.40. The van der Waals surface area contributed by atoms with E-state index in [2.05, 4.69) is 0 Å². The fraction of sp³-hybridized carbons (Fsp3) is 0.364. The van der Waals surface area contributed by atoms with Crippen LogP contribution < -0.4 is 0 Å². The molecule has 148 valence electrons. The highest BCUT2D eigenvalue weighted by Gasteiger charge is 2.44. The highest BCUT2D eigenvalue weighted by Crippen LogP contribution is 2.36. The zero-order valence-electron chi connectivity index (χ0n) is 15.8. The van der Waals surface area contributed by atoms with Crippen molar-refractivity contribution in [2.24, 2.45) is 5.41 Å². The molecule has 0 unspecified atom stereocenters. The minimum absolute atomic E-state index is 0.208. The van der Waals surface area contributed by atoms with Crippen LogP contribution in [0.15, 0.2) is 48.5 Å². The molecule has 1 aliphatic heterocycles. The van der Waals surface area contributed by atoms with Gasteiger partial charge in [0.15, 0.2) is 0 Å². The highest BCUT2D eigenvalue weighted by atomic mass is 19.1. The molecule has 0 aromatic heterocycles. The lowest BCUT2D eigenvalue weighted by Crippen LogP contribution is -2.51. The molecule has 3 rings (SSSR count). The van der Waals surface area contributed by atoms with Crippen LogP contribution in [0.2, 0.25) is 0 Å². The lowest BCUT2D eigenvalue weighted by molar-refractivity contribution is -0.158. The minimum atomic E-state index is -0.887. The van der Waals surface area contributed by atoms with Crippen LogP contribution in [0.3, 0.4) is 0 Å². The summed E-state index contributed by atoms with van der Waals surface area (Å²) >= 11 is 0. The SMILES string of the molecule is CCOC(=O)[C@]1(Cc2ccc(F)cc2)CCCN(C(=O)c2ccc(F)cc2)C1. The molecule has 1 fully saturated rings. The van der Waals surface area contributed by atoms with Gasteiger partial charge in [-0.2, -0.15) is 0 Å². The fourth-order valence-corrected chi connectivity index (χ4v) is 3.74. The molecule has 1 atom stereocenters. The van der Waals surface area contributed by atoms with Gasteiger partial charge < -0.3 is 9.64 Å². The van der Waals surface area contributed by atoms with Gasteiger partial charge in [0.1, 0.15) is 11.6 Å². The van der Waals surface area contributed by atoms with Crippen molar-refractivity contribution in [3.8, 4) is 0 Å². The van der Waals surface area contributed by atoms with E-state index in [1.54, 1.807) is 24.0 Å². The van der Waals surface area contributed by atoms with E-state index in [0.717, 1.165) is 5.56 Å². The average Bonchev–Trinajstić information content (AvgIpc) is 2.70. The molecule has 1 aliphatic rings. The van der Waals surface area contributed by atoms with Gasteiger partial charge >= 0.3 is 5.97 Å². The van der Waals surface area contributed by atoms with Crippen molar-refractivity contribution in [2.75, 3.05) is 19.7 Å². The van der Waals surface area contributed by atoms with E-state index in [4.69, 9.17) is 4.74 Å². The number of piperidine rings is 1. The average molecular weight is 387 g/mol. The van der Waals surface area contributed by atoms with Gasteiger partial charge in [0.05, 0.1) is 12.0 Å². The Bertz CT molecular complexity index is 836. The molecule has 28 heavy (non-hydrogen) atoms. The predicted molar refractivity (Wildman–Crippen MR) is 101 cm³/mol. The number of halogens is 2. The second kappa shape index (κ2) is 8.50. The van der Waals surface area contributed by atoms with E-state index in [1.165, 1.54) is 36.4 Å². The Balaban J connectivity index is 1.86. The summed E-state index contributed by atoms with van der Waals surface area (Å²) in [6.45, 7) is 2.71. The largest absolute Gasteiger partial charge is 0.466 e. The summed E-state index contributed by atoms with van der Waals surface area (Å²) < 4.78 is 31.7. The molecule has 0 spiro atoms. The van der Waals surface area contributed by atoms with Crippen molar-refractivity contribution < 1.29 is 23.1 Å². The van der Waals surface area contributed by atoms with Crippen LogP contribution in [0.5, 0.6) is 0 Å². The van der Waals surface area contributed by atoms with Gasteiger partial charge in [0.2, 0.25) is 0 Å². The van der Waals surface area contributed by atoms with E-state index in [0.29, 0.717) is 31.4 Å². The van der Waals surface area contributed by atoms with E-state index < -0.39 is 11.2 Å². The summed E-state index contributed by atoms with van der Waals surface area (Å²) in [7, 11) is 0. The molecular weight excluding hydrogens is 364 g/mol. The molecule has 1 heterocycles. The molecule has 4 nitrogen and oxygen atoms in total. The van der Waals surface area contributed by atoms with Gasteiger partial charge in [-0.3, -0.25) is 9.59 Å². The molecule has 2 aromatic rings. The van der Waals surface area contributed by atoms with Crippen LogP contribution in [-0.4, -0.2) is 36.5 Å². The van der Waals surface area contributed by atoms with Crippen molar-refractivity contribution >= 4 is 11.9 Å². The number of nitrogens with zero attached hydrogens (tertiary/aromatic N) is 1. The number of hydrogen-bond acceptors (Lipinski definition) is 3. The predicted octanol–water partition coefficient (Wildman–Crippen LogP) is 3.99. The number of likely N-dealkylation sites (tertiary alicyclic amines) is 1. The summed E-state index contributed by atoms with van der Waals surface area (Å²) in [5.74, 6) is -1.35. The van der Waals surface area contributed by atoms with Gasteiger partial charge in [-0.05, 0) is 68.1 Å². The molecule has 0 aliphatic carbocycles. The number of rotatable bonds is 5. The molecule has 0 bridgehead atoms. The first-order chi connectivity index (χ1) is 13.4. The number of ether oxygens (including phenoxy) is 1. The summed E-state index contributed by atoms with van der Waals surface area (Å²) in [5.41, 5.74) is 0.301. The molecule has 1 amide bonds.